The molecule has 1 saturated carbocycles. The minimum absolute atomic E-state index is 0. The number of fused-ring (bicyclic) bond motifs is 1. The summed E-state index contributed by atoms with van der Waals surface area (Å²) in [6.07, 6.45) is 4.31. The summed E-state index contributed by atoms with van der Waals surface area (Å²) in [5.41, 5.74) is 2.25. The van der Waals surface area contributed by atoms with E-state index in [1.165, 1.54) is 6.42 Å². The molecule has 1 unspecified atom stereocenters. The molecule has 1 heterocycles. The number of rotatable bonds is 5. The number of carbonyl (C=O) groups is 1. The summed E-state index contributed by atoms with van der Waals surface area (Å²) < 4.78 is 10.5. The molecular weight excluding hydrogens is 463 g/mol. The van der Waals surface area contributed by atoms with Gasteiger partial charge in [-0.3, -0.25) is 0 Å². The molecule has 0 bridgehead atoms. The average Bonchev–Trinajstić information content (AvgIpc) is 2.93. The molecule has 2 aromatic rings. The van der Waals surface area contributed by atoms with E-state index in [2.05, 4.69) is 56.0 Å². The third-order valence-corrected chi connectivity index (χ3v) is 6.44. The van der Waals surface area contributed by atoms with Gasteiger partial charge in [0.1, 0.15) is 6.10 Å². The number of hydrogen-bond donors (Lipinski definition) is 0. The first kappa shape index (κ1) is 23.2. The van der Waals surface area contributed by atoms with Crippen LogP contribution in [0.25, 0.3) is 11.0 Å². The van der Waals surface area contributed by atoms with E-state index < -0.39 is 0 Å². The van der Waals surface area contributed by atoms with Crippen molar-refractivity contribution < 1.29 is 38.1 Å². The van der Waals surface area contributed by atoms with Gasteiger partial charge in [-0.15, -0.1) is 0 Å². The molecule has 5 heteroatoms. The maximum absolute atomic E-state index is 13.2. The van der Waals surface area contributed by atoms with Crippen molar-refractivity contribution in [1.29, 1.82) is 0 Å². The van der Waals surface area contributed by atoms with E-state index in [9.17, 15) is 4.79 Å². The van der Waals surface area contributed by atoms with Crippen LogP contribution in [0.3, 0.4) is 0 Å². The van der Waals surface area contributed by atoms with Gasteiger partial charge in [-0.2, -0.15) is 0 Å². The Balaban J connectivity index is 0.00000280. The van der Waals surface area contributed by atoms with Crippen molar-refractivity contribution in [2.45, 2.75) is 72.4 Å². The maximum Gasteiger partial charge on any atom is 0.351 e. The van der Waals surface area contributed by atoms with Crippen molar-refractivity contribution in [3.8, 4) is 0 Å². The van der Waals surface area contributed by atoms with Crippen LogP contribution in [-0.2, 0) is 23.0 Å². The molecule has 156 valence electrons. The van der Waals surface area contributed by atoms with Gasteiger partial charge in [0.15, 0.2) is 17.1 Å². The van der Waals surface area contributed by atoms with Gasteiger partial charge in [-0.05, 0) is 49.7 Å². The molecule has 4 nitrogen and oxygen atoms in total. The number of esters is 1. The van der Waals surface area contributed by atoms with Crippen LogP contribution < -0.4 is 28.5 Å². The number of hydrogen-bond acceptors (Lipinski definition) is 2. The molecule has 1 aromatic carbocycles. The van der Waals surface area contributed by atoms with Gasteiger partial charge in [-0.1, -0.05) is 46.2 Å². The predicted octanol–water partition coefficient (Wildman–Crippen LogP) is 1.60. The molecule has 0 N–H and O–H groups in total. The zero-order valence-corrected chi connectivity index (χ0v) is 20.3. The zero-order valence-electron chi connectivity index (χ0n) is 18.1. The van der Waals surface area contributed by atoms with Crippen molar-refractivity contribution in [2.75, 3.05) is 0 Å². The van der Waals surface area contributed by atoms with E-state index >= 15 is 0 Å². The lowest BCUT2D eigenvalue weighted by Crippen LogP contribution is -3.00. The summed E-state index contributed by atoms with van der Waals surface area (Å²) in [4.78, 5) is 13.2. The second-order valence-corrected chi connectivity index (χ2v) is 8.66. The van der Waals surface area contributed by atoms with Gasteiger partial charge in [-0.25, -0.2) is 13.9 Å². The average molecular weight is 498 g/mol. The Morgan fingerprint density at radius 3 is 2.57 bits per heavy atom. The predicted molar refractivity (Wildman–Crippen MR) is 108 cm³/mol. The quantitative estimate of drug-likeness (QED) is 0.357. The van der Waals surface area contributed by atoms with Gasteiger partial charge in [0.25, 0.3) is 5.82 Å². The Labute approximate surface area is 186 Å². The monoisotopic (exact) mass is 498 g/mol. The molecular formula is C23H35IN2O2. The minimum Gasteiger partial charge on any atom is -1.00 e. The van der Waals surface area contributed by atoms with Crippen LogP contribution in [0.4, 0.5) is 0 Å². The summed E-state index contributed by atoms with van der Waals surface area (Å²) in [7, 11) is 2.08. The standard InChI is InChI=1S/C23H35N2O2.HI/c1-7-22-24(6)19-10-8-9-11-20(19)25(22)17(5)23(26)27-21-14-16(4)12-13-18(21)15(2)3;/h8-11,15-18,21H,7,12-14H2,1-6H3;1H/q+1;/p-1/t16-,17-,18+,21?;/m1./s1. The summed E-state index contributed by atoms with van der Waals surface area (Å²) in [5.74, 6) is 2.70. The molecule has 4 atom stereocenters. The molecule has 1 aromatic heterocycles. The molecule has 28 heavy (non-hydrogen) atoms. The first-order valence-corrected chi connectivity index (χ1v) is 10.5. The van der Waals surface area contributed by atoms with Gasteiger partial charge in [0.05, 0.1) is 7.05 Å². The summed E-state index contributed by atoms with van der Waals surface area (Å²) in [6.45, 7) is 10.9. The minimum atomic E-state index is -0.323. The maximum atomic E-state index is 13.2. The highest BCUT2D eigenvalue weighted by Gasteiger charge is 2.37. The fourth-order valence-electron chi connectivity index (χ4n) is 4.83. The van der Waals surface area contributed by atoms with E-state index in [0.717, 1.165) is 36.1 Å². The molecule has 1 fully saturated rings. The summed E-state index contributed by atoms with van der Waals surface area (Å²) >= 11 is 0. The summed E-state index contributed by atoms with van der Waals surface area (Å²) in [5, 5.41) is 0. The fourth-order valence-corrected chi connectivity index (χ4v) is 4.83. The second kappa shape index (κ2) is 9.59. The molecule has 3 rings (SSSR count). The number of imidazole rings is 1. The Morgan fingerprint density at radius 2 is 1.93 bits per heavy atom. The second-order valence-electron chi connectivity index (χ2n) is 8.66. The smallest absolute Gasteiger partial charge is 0.351 e. The molecule has 0 amide bonds. The Kier molecular flexibility index (Phi) is 7.94. The lowest BCUT2D eigenvalue weighted by atomic mass is 9.75. The highest BCUT2D eigenvalue weighted by atomic mass is 127. The summed E-state index contributed by atoms with van der Waals surface area (Å²) in [6, 6.07) is 7.97. The number of aryl methyl sites for hydroxylation is 1. The number of carbonyl (C=O) groups excluding carboxylic acids is 1. The van der Waals surface area contributed by atoms with Crippen LogP contribution in [0.2, 0.25) is 0 Å². The van der Waals surface area contributed by atoms with E-state index in [4.69, 9.17) is 4.74 Å². The third-order valence-electron chi connectivity index (χ3n) is 6.44. The SMILES string of the molecule is CCc1n([C@H](C)C(=O)OC2C[C@H](C)CC[C@H]2C(C)C)c2ccccc2[n+]1C.[I-]. The molecule has 0 spiro atoms. The van der Waals surface area contributed by atoms with Crippen molar-refractivity contribution in [2.24, 2.45) is 24.8 Å². The molecule has 0 saturated heterocycles. The van der Waals surface area contributed by atoms with Crippen LogP contribution in [-0.4, -0.2) is 16.6 Å². The van der Waals surface area contributed by atoms with Crippen molar-refractivity contribution >= 4 is 17.0 Å². The van der Waals surface area contributed by atoms with E-state index in [-0.39, 0.29) is 42.1 Å². The van der Waals surface area contributed by atoms with E-state index in [1.807, 2.05) is 19.1 Å². The van der Waals surface area contributed by atoms with Crippen LogP contribution in [0, 0.1) is 17.8 Å². The van der Waals surface area contributed by atoms with Gasteiger partial charge in [0.2, 0.25) is 0 Å². The molecule has 0 radical (unpaired) electrons. The number of nitrogens with zero attached hydrogens (tertiary/aromatic N) is 2. The van der Waals surface area contributed by atoms with Gasteiger partial charge >= 0.3 is 5.97 Å². The fraction of sp³-hybridized carbons (Fsp3) is 0.652. The number of aromatic nitrogens is 2. The third kappa shape index (κ3) is 4.39. The van der Waals surface area contributed by atoms with Gasteiger partial charge < -0.3 is 28.7 Å². The number of para-hydroxylation sites is 2. The Bertz CT molecular complexity index is 814. The molecule has 1 aliphatic rings. The zero-order chi connectivity index (χ0) is 19.7. The Morgan fingerprint density at radius 1 is 1.25 bits per heavy atom. The van der Waals surface area contributed by atoms with Crippen LogP contribution >= 0.6 is 0 Å². The number of halogens is 1. The van der Waals surface area contributed by atoms with Crippen molar-refractivity contribution in [1.82, 2.24) is 4.57 Å². The van der Waals surface area contributed by atoms with Crippen molar-refractivity contribution in [3.05, 3.63) is 30.1 Å². The largest absolute Gasteiger partial charge is 1.00 e. The normalized spacial score (nSPS) is 23.5. The van der Waals surface area contributed by atoms with Crippen LogP contribution in [0.5, 0.6) is 0 Å². The van der Waals surface area contributed by atoms with E-state index in [0.29, 0.717) is 17.8 Å². The highest BCUT2D eigenvalue weighted by Crippen LogP contribution is 2.36. The van der Waals surface area contributed by atoms with E-state index in [1.54, 1.807) is 0 Å². The number of benzene rings is 1. The molecule has 1 aliphatic carbocycles. The van der Waals surface area contributed by atoms with Crippen LogP contribution in [0.1, 0.15) is 65.7 Å². The first-order chi connectivity index (χ1) is 12.8. The lowest BCUT2D eigenvalue weighted by molar-refractivity contribution is -0.654. The van der Waals surface area contributed by atoms with Gasteiger partial charge in [0, 0.05) is 6.42 Å². The topological polar surface area (TPSA) is 35.1 Å². The molecule has 0 aliphatic heterocycles. The van der Waals surface area contributed by atoms with Crippen LogP contribution in [0.15, 0.2) is 24.3 Å². The Hall–Kier alpha value is -1.11. The number of ether oxygens (including phenoxy) is 1. The first-order valence-electron chi connectivity index (χ1n) is 10.5. The highest BCUT2D eigenvalue weighted by molar-refractivity contribution is 5.79. The van der Waals surface area contributed by atoms with Crippen molar-refractivity contribution in [3.63, 3.8) is 0 Å². The lowest BCUT2D eigenvalue weighted by Gasteiger charge is -2.37.